The third-order valence-corrected chi connectivity index (χ3v) is 6.49. The second kappa shape index (κ2) is 11.5. The zero-order valence-corrected chi connectivity index (χ0v) is 21.5. The Balaban J connectivity index is 1.42. The van der Waals surface area contributed by atoms with E-state index < -0.39 is 17.8 Å². The Morgan fingerprint density at radius 1 is 1.12 bits per heavy atom. The molecule has 40 heavy (non-hydrogen) atoms. The number of carbonyl (C=O) groups is 1. The Hall–Kier alpha value is -4.27. The van der Waals surface area contributed by atoms with Crippen molar-refractivity contribution < 1.29 is 27.4 Å². The summed E-state index contributed by atoms with van der Waals surface area (Å²) in [6, 6.07) is 7.82. The zero-order chi connectivity index (χ0) is 28.3. The molecule has 3 aromatic heterocycles. The largest absolute Gasteiger partial charge is 0.416 e. The number of rotatable bonds is 7. The number of alkyl halides is 3. The summed E-state index contributed by atoms with van der Waals surface area (Å²) in [5.74, 6) is 0.0856. The molecule has 5 rings (SSSR count). The van der Waals surface area contributed by atoms with Crippen molar-refractivity contribution in [3.05, 3.63) is 65.7 Å². The standard InChI is InChI=1S/C26H27F3N8O3/c1-39-14-19-20(13-36-8-10-40-11-9-36)37-23(24(30)32-15-33-37)22(19)16-2-4-18(5-3-16)34-25(38)35-21-12-17(6-7-31-21)26(27,28)29/h2-7,12,15H,8-11,13-14H2,1H3,(H2,30,32,33)(H2,31,34,35,38). The van der Waals surface area contributed by atoms with E-state index in [1.807, 2.05) is 0 Å². The number of nitrogens with one attached hydrogen (secondary N) is 2. The average molecular weight is 557 g/mol. The highest BCUT2D eigenvalue weighted by Crippen LogP contribution is 2.37. The Kier molecular flexibility index (Phi) is 7.82. The molecule has 2 amide bonds. The Morgan fingerprint density at radius 2 is 1.88 bits per heavy atom. The van der Waals surface area contributed by atoms with Crippen LogP contribution in [0.5, 0.6) is 0 Å². The first-order chi connectivity index (χ1) is 19.2. The van der Waals surface area contributed by atoms with Crippen LogP contribution in [0.1, 0.15) is 16.8 Å². The van der Waals surface area contributed by atoms with Crippen LogP contribution in [-0.4, -0.2) is 63.9 Å². The van der Waals surface area contributed by atoms with Crippen LogP contribution < -0.4 is 16.4 Å². The van der Waals surface area contributed by atoms with Gasteiger partial charge in [-0.05, 0) is 29.8 Å². The van der Waals surface area contributed by atoms with E-state index in [2.05, 4.69) is 30.6 Å². The number of benzene rings is 1. The van der Waals surface area contributed by atoms with Gasteiger partial charge >= 0.3 is 12.2 Å². The predicted octanol–water partition coefficient (Wildman–Crippen LogP) is 4.01. The summed E-state index contributed by atoms with van der Waals surface area (Å²) in [5.41, 5.74) is 9.93. The van der Waals surface area contributed by atoms with Gasteiger partial charge in [0, 0.05) is 49.8 Å². The molecule has 0 aliphatic carbocycles. The predicted molar refractivity (Wildman–Crippen MR) is 142 cm³/mol. The van der Waals surface area contributed by atoms with Gasteiger partial charge in [0.15, 0.2) is 5.82 Å². The Bertz CT molecular complexity index is 1500. The first kappa shape index (κ1) is 27.3. The lowest BCUT2D eigenvalue weighted by Crippen LogP contribution is -2.36. The number of ether oxygens (including phenoxy) is 2. The van der Waals surface area contributed by atoms with Crippen molar-refractivity contribution in [1.29, 1.82) is 0 Å². The molecule has 210 valence electrons. The molecule has 1 saturated heterocycles. The van der Waals surface area contributed by atoms with Crippen LogP contribution in [0.15, 0.2) is 48.9 Å². The first-order valence-electron chi connectivity index (χ1n) is 12.4. The van der Waals surface area contributed by atoms with E-state index in [9.17, 15) is 18.0 Å². The third kappa shape index (κ3) is 5.83. The first-order valence-corrected chi connectivity index (χ1v) is 12.4. The van der Waals surface area contributed by atoms with Crippen molar-refractivity contribution in [2.75, 3.05) is 49.8 Å². The molecule has 1 aliphatic rings. The fourth-order valence-corrected chi connectivity index (χ4v) is 4.64. The summed E-state index contributed by atoms with van der Waals surface area (Å²) in [6.45, 7) is 3.80. The van der Waals surface area contributed by atoms with Crippen molar-refractivity contribution in [3.63, 3.8) is 0 Å². The number of fused-ring (bicyclic) bond motifs is 1. The molecule has 4 aromatic rings. The molecule has 4 heterocycles. The lowest BCUT2D eigenvalue weighted by molar-refractivity contribution is -0.137. The third-order valence-electron chi connectivity index (χ3n) is 6.49. The van der Waals surface area contributed by atoms with Crippen LogP contribution in [0.4, 0.5) is 35.3 Å². The summed E-state index contributed by atoms with van der Waals surface area (Å²) in [4.78, 5) is 22.7. The highest BCUT2D eigenvalue weighted by Gasteiger charge is 2.31. The van der Waals surface area contributed by atoms with Crippen molar-refractivity contribution >= 4 is 28.9 Å². The fourth-order valence-electron chi connectivity index (χ4n) is 4.64. The molecule has 1 fully saturated rings. The van der Waals surface area contributed by atoms with E-state index in [0.29, 0.717) is 43.4 Å². The second-order valence-electron chi connectivity index (χ2n) is 9.11. The number of hydrogen-bond donors (Lipinski definition) is 3. The molecule has 14 heteroatoms. The maximum absolute atomic E-state index is 13.0. The number of urea groups is 1. The van der Waals surface area contributed by atoms with Gasteiger partial charge in [-0.25, -0.2) is 19.3 Å². The summed E-state index contributed by atoms with van der Waals surface area (Å²) in [6.07, 6.45) is -2.15. The van der Waals surface area contributed by atoms with Gasteiger partial charge in [0.25, 0.3) is 0 Å². The number of nitrogens with zero attached hydrogens (tertiary/aromatic N) is 5. The van der Waals surface area contributed by atoms with E-state index in [1.165, 1.54) is 6.33 Å². The summed E-state index contributed by atoms with van der Waals surface area (Å²) < 4.78 is 51.7. The highest BCUT2D eigenvalue weighted by atomic mass is 19.4. The number of nitrogens with two attached hydrogens (primary N) is 1. The van der Waals surface area contributed by atoms with Crippen LogP contribution in [0.3, 0.4) is 0 Å². The number of pyridine rings is 1. The number of aromatic nitrogens is 4. The minimum atomic E-state index is -4.55. The van der Waals surface area contributed by atoms with Crippen LogP contribution in [-0.2, 0) is 28.8 Å². The summed E-state index contributed by atoms with van der Waals surface area (Å²) in [7, 11) is 1.62. The minimum Gasteiger partial charge on any atom is -0.382 e. The highest BCUT2D eigenvalue weighted by molar-refractivity contribution is 5.99. The van der Waals surface area contributed by atoms with E-state index >= 15 is 0 Å². The zero-order valence-electron chi connectivity index (χ0n) is 21.5. The summed E-state index contributed by atoms with van der Waals surface area (Å²) in [5, 5.41) is 9.41. The van der Waals surface area contributed by atoms with Gasteiger partial charge in [-0.1, -0.05) is 12.1 Å². The van der Waals surface area contributed by atoms with E-state index in [0.717, 1.165) is 53.8 Å². The van der Waals surface area contributed by atoms with Gasteiger partial charge in [-0.3, -0.25) is 10.2 Å². The lowest BCUT2D eigenvalue weighted by Gasteiger charge is -2.26. The molecule has 0 radical (unpaired) electrons. The molecule has 0 spiro atoms. The monoisotopic (exact) mass is 556 g/mol. The van der Waals surface area contributed by atoms with E-state index in [4.69, 9.17) is 15.2 Å². The number of anilines is 3. The van der Waals surface area contributed by atoms with Gasteiger partial charge in [0.1, 0.15) is 17.7 Å². The molecule has 0 saturated carbocycles. The number of morpholine rings is 1. The fraction of sp³-hybridized carbons (Fsp3) is 0.308. The van der Waals surface area contributed by atoms with Gasteiger partial charge in [0.2, 0.25) is 0 Å². The van der Waals surface area contributed by atoms with Crippen molar-refractivity contribution in [1.82, 2.24) is 24.5 Å². The molecule has 11 nitrogen and oxygen atoms in total. The Labute approximate surface area is 227 Å². The maximum atomic E-state index is 13.0. The molecular formula is C26H27F3N8O3. The molecule has 4 N–H and O–H groups in total. The van der Waals surface area contributed by atoms with Crippen LogP contribution in [0, 0.1) is 0 Å². The summed E-state index contributed by atoms with van der Waals surface area (Å²) >= 11 is 0. The van der Waals surface area contributed by atoms with Crippen LogP contribution in [0.2, 0.25) is 0 Å². The number of nitrogen functional groups attached to an aromatic ring is 1. The quantitative estimate of drug-likeness (QED) is 0.311. The van der Waals surface area contributed by atoms with E-state index in [1.54, 1.807) is 35.9 Å². The molecule has 1 aromatic carbocycles. The number of carbonyl (C=O) groups excluding carboxylic acids is 1. The smallest absolute Gasteiger partial charge is 0.382 e. The SMILES string of the molecule is COCc1c(-c2ccc(NC(=O)Nc3cc(C(F)(F)F)ccn3)cc2)c2c(N)ncnn2c1CN1CCOCC1. The topological polar surface area (TPSA) is 132 Å². The van der Waals surface area contributed by atoms with Gasteiger partial charge in [0.05, 0.1) is 31.1 Å². The van der Waals surface area contributed by atoms with Crippen LogP contribution in [0.25, 0.3) is 16.6 Å². The second-order valence-corrected chi connectivity index (χ2v) is 9.11. The number of amides is 2. The van der Waals surface area contributed by atoms with Gasteiger partial charge < -0.3 is 20.5 Å². The number of halogens is 3. The number of methoxy groups -OCH3 is 1. The molecule has 0 bridgehead atoms. The molecular weight excluding hydrogens is 529 g/mol. The van der Waals surface area contributed by atoms with Crippen molar-refractivity contribution in [2.24, 2.45) is 0 Å². The normalized spacial score (nSPS) is 14.4. The minimum absolute atomic E-state index is 0.225. The average Bonchev–Trinajstić information content (AvgIpc) is 3.23. The van der Waals surface area contributed by atoms with Crippen LogP contribution >= 0.6 is 0 Å². The number of hydrogen-bond acceptors (Lipinski definition) is 8. The van der Waals surface area contributed by atoms with Gasteiger partial charge in [-0.15, -0.1) is 0 Å². The Morgan fingerprint density at radius 3 is 2.58 bits per heavy atom. The molecule has 0 atom stereocenters. The molecule has 0 unspecified atom stereocenters. The van der Waals surface area contributed by atoms with Crippen molar-refractivity contribution in [3.8, 4) is 11.1 Å². The lowest BCUT2D eigenvalue weighted by atomic mass is 10.0. The molecule has 1 aliphatic heterocycles. The van der Waals surface area contributed by atoms with Gasteiger partial charge in [-0.2, -0.15) is 18.3 Å². The van der Waals surface area contributed by atoms with E-state index in [-0.39, 0.29) is 5.82 Å². The maximum Gasteiger partial charge on any atom is 0.416 e. The van der Waals surface area contributed by atoms with Crippen molar-refractivity contribution in [2.45, 2.75) is 19.3 Å².